The molecule has 2 amide bonds. The summed E-state index contributed by atoms with van der Waals surface area (Å²) in [5.41, 5.74) is -0.685. The van der Waals surface area contributed by atoms with Gasteiger partial charge in [-0.15, -0.1) is 11.3 Å². The molecule has 4 N–H and O–H groups in total. The Kier molecular flexibility index (Phi) is 9.88. The Labute approximate surface area is 230 Å². The predicted octanol–water partition coefficient (Wildman–Crippen LogP) is 4.07. The molecule has 0 spiro atoms. The van der Waals surface area contributed by atoms with Crippen LogP contribution in [0.25, 0.3) is 10.1 Å². The van der Waals surface area contributed by atoms with E-state index < -0.39 is 45.2 Å². The predicted molar refractivity (Wildman–Crippen MR) is 147 cm³/mol. The molecule has 8 nitrogen and oxygen atoms in total. The number of nitrogens with one attached hydrogen (secondary N) is 3. The average Bonchev–Trinajstić information content (AvgIpc) is 3.27. The van der Waals surface area contributed by atoms with E-state index in [9.17, 15) is 27.5 Å². The maximum Gasteiger partial charge on any atom is 0.262 e. The van der Waals surface area contributed by atoms with E-state index in [1.54, 1.807) is 26.8 Å². The number of benzene rings is 2. The zero-order valence-electron chi connectivity index (χ0n) is 21.3. The number of unbranched alkanes of at least 4 members (excludes halogenated alkanes) is 1. The lowest BCUT2D eigenvalue weighted by Gasteiger charge is -2.32. The van der Waals surface area contributed by atoms with Gasteiger partial charge in [0.2, 0.25) is 15.9 Å². The number of hydrogen-bond acceptors (Lipinski definition) is 6. The smallest absolute Gasteiger partial charge is 0.262 e. The highest BCUT2D eigenvalue weighted by atomic mass is 35.5. The maximum absolute atomic E-state index is 13.2. The standard InChI is InChI=1S/C26H31ClFN3O5S2/c1-26(2,3)23(32)22(31-24(33)20-14-16-8-4-5-9-19(16)37-20)25(34)29-12-6-7-13-30-38(35,36)21-11-10-17(28)15-18(21)27/h4-5,8-11,14-15,22-23,30,32H,6-7,12-13H2,1-3H3,(H,29,34)(H,31,33)/t22-,23+/m0/s1. The second kappa shape index (κ2) is 12.5. The minimum atomic E-state index is -3.92. The van der Waals surface area contributed by atoms with Crippen LogP contribution in [0.5, 0.6) is 0 Å². The molecule has 1 aromatic heterocycles. The summed E-state index contributed by atoms with van der Waals surface area (Å²) < 4.78 is 41.3. The van der Waals surface area contributed by atoms with E-state index in [0.717, 1.165) is 28.3 Å². The topological polar surface area (TPSA) is 125 Å². The van der Waals surface area contributed by atoms with Crippen LogP contribution in [0.2, 0.25) is 5.02 Å². The van der Waals surface area contributed by atoms with E-state index in [2.05, 4.69) is 15.4 Å². The Bertz CT molecular complexity index is 1370. The first-order chi connectivity index (χ1) is 17.8. The van der Waals surface area contributed by atoms with Crippen LogP contribution in [0.15, 0.2) is 53.4 Å². The summed E-state index contributed by atoms with van der Waals surface area (Å²) in [4.78, 5) is 26.1. The number of sulfonamides is 1. The molecule has 0 aliphatic heterocycles. The fourth-order valence-electron chi connectivity index (χ4n) is 3.64. The van der Waals surface area contributed by atoms with Crippen molar-refractivity contribution in [1.82, 2.24) is 15.4 Å². The van der Waals surface area contributed by atoms with Gasteiger partial charge in [0.25, 0.3) is 5.91 Å². The molecular formula is C26H31ClFN3O5S2. The number of aliphatic hydroxyl groups is 1. The second-order valence-corrected chi connectivity index (χ2v) is 13.1. The number of hydrogen-bond donors (Lipinski definition) is 4. The first-order valence-electron chi connectivity index (χ1n) is 12.0. The molecule has 1 heterocycles. The fraction of sp³-hybridized carbons (Fsp3) is 0.385. The number of halogens is 2. The van der Waals surface area contributed by atoms with E-state index >= 15 is 0 Å². The molecule has 0 saturated heterocycles. The molecule has 12 heteroatoms. The summed E-state index contributed by atoms with van der Waals surface area (Å²) in [6, 6.07) is 11.1. The van der Waals surface area contributed by atoms with E-state index in [0.29, 0.717) is 17.7 Å². The van der Waals surface area contributed by atoms with Crippen molar-refractivity contribution >= 4 is 54.9 Å². The van der Waals surface area contributed by atoms with Crippen molar-refractivity contribution in [3.63, 3.8) is 0 Å². The Morgan fingerprint density at radius 3 is 2.42 bits per heavy atom. The number of thiophene rings is 1. The van der Waals surface area contributed by atoms with Crippen LogP contribution < -0.4 is 15.4 Å². The summed E-state index contributed by atoms with van der Waals surface area (Å²) in [6.45, 7) is 5.57. The second-order valence-electron chi connectivity index (χ2n) is 9.88. The zero-order valence-corrected chi connectivity index (χ0v) is 23.6. The highest BCUT2D eigenvalue weighted by molar-refractivity contribution is 7.89. The highest BCUT2D eigenvalue weighted by Crippen LogP contribution is 2.27. The van der Waals surface area contributed by atoms with Crippen molar-refractivity contribution in [2.45, 2.75) is 50.7 Å². The van der Waals surface area contributed by atoms with E-state index in [1.165, 1.54) is 11.3 Å². The van der Waals surface area contributed by atoms with Gasteiger partial charge in [-0.2, -0.15) is 0 Å². The SMILES string of the molecule is CC(C)(C)[C@H](O)[C@H](NC(=O)c1cc2ccccc2s1)C(=O)NCCCCNS(=O)(=O)c1ccc(F)cc1Cl. The van der Waals surface area contributed by atoms with Gasteiger partial charge in [0.15, 0.2) is 0 Å². The average molecular weight is 584 g/mol. The van der Waals surface area contributed by atoms with Crippen molar-refractivity contribution < 1.29 is 27.5 Å². The van der Waals surface area contributed by atoms with Crippen LogP contribution in [0.1, 0.15) is 43.3 Å². The van der Waals surface area contributed by atoms with Crippen molar-refractivity contribution in [2.24, 2.45) is 5.41 Å². The van der Waals surface area contributed by atoms with Gasteiger partial charge in [-0.05, 0) is 54.0 Å². The fourth-order valence-corrected chi connectivity index (χ4v) is 6.21. The third-order valence-electron chi connectivity index (χ3n) is 5.80. The first-order valence-corrected chi connectivity index (χ1v) is 14.7. The largest absolute Gasteiger partial charge is 0.390 e. The van der Waals surface area contributed by atoms with E-state index in [1.807, 2.05) is 24.3 Å². The van der Waals surface area contributed by atoms with Crippen LogP contribution in [-0.2, 0) is 14.8 Å². The van der Waals surface area contributed by atoms with Gasteiger partial charge in [-0.3, -0.25) is 9.59 Å². The van der Waals surface area contributed by atoms with Gasteiger partial charge in [0, 0.05) is 17.8 Å². The van der Waals surface area contributed by atoms with Crippen LogP contribution in [0, 0.1) is 11.2 Å². The lowest BCUT2D eigenvalue weighted by Crippen LogP contribution is -2.56. The molecule has 0 radical (unpaired) electrons. The van der Waals surface area contributed by atoms with Gasteiger partial charge in [-0.25, -0.2) is 17.5 Å². The molecular weight excluding hydrogens is 553 g/mol. The summed E-state index contributed by atoms with van der Waals surface area (Å²) >= 11 is 7.14. The summed E-state index contributed by atoms with van der Waals surface area (Å²) in [5, 5.41) is 16.9. The van der Waals surface area contributed by atoms with E-state index in [4.69, 9.17) is 11.6 Å². The molecule has 0 unspecified atom stereocenters. The number of fused-ring (bicyclic) bond motifs is 1. The molecule has 0 aliphatic carbocycles. The Morgan fingerprint density at radius 1 is 1.08 bits per heavy atom. The molecule has 2 atom stereocenters. The van der Waals surface area contributed by atoms with Gasteiger partial charge in [0.1, 0.15) is 16.8 Å². The quantitative estimate of drug-likeness (QED) is 0.253. The maximum atomic E-state index is 13.2. The number of carbonyl (C=O) groups excluding carboxylic acids is 2. The van der Waals surface area contributed by atoms with Crippen molar-refractivity contribution in [3.05, 3.63) is 64.2 Å². The molecule has 0 bridgehead atoms. The van der Waals surface area contributed by atoms with Crippen LogP contribution in [0.3, 0.4) is 0 Å². The number of carbonyl (C=O) groups is 2. The Hall–Kier alpha value is -2.57. The third kappa shape index (κ3) is 7.73. The summed E-state index contributed by atoms with van der Waals surface area (Å²) in [6.07, 6.45) is -0.347. The minimum Gasteiger partial charge on any atom is -0.390 e. The highest BCUT2D eigenvalue weighted by Gasteiger charge is 2.36. The summed E-state index contributed by atoms with van der Waals surface area (Å²) in [7, 11) is -3.92. The summed E-state index contributed by atoms with van der Waals surface area (Å²) in [5.74, 6) is -1.64. The molecule has 3 aromatic rings. The normalized spacial score (nSPS) is 13.7. The van der Waals surface area contributed by atoms with Gasteiger partial charge < -0.3 is 15.7 Å². The van der Waals surface area contributed by atoms with Crippen molar-refractivity contribution in [1.29, 1.82) is 0 Å². The monoisotopic (exact) mass is 583 g/mol. The molecule has 3 rings (SSSR count). The lowest BCUT2D eigenvalue weighted by molar-refractivity contribution is -0.127. The molecule has 2 aromatic carbocycles. The van der Waals surface area contributed by atoms with Crippen LogP contribution in [0.4, 0.5) is 4.39 Å². The number of amides is 2. The molecule has 206 valence electrons. The minimum absolute atomic E-state index is 0.0721. The zero-order chi connectivity index (χ0) is 28.1. The van der Waals surface area contributed by atoms with E-state index in [-0.39, 0.29) is 23.0 Å². The van der Waals surface area contributed by atoms with Crippen LogP contribution in [-0.4, -0.2) is 50.6 Å². The Balaban J connectivity index is 1.54. The van der Waals surface area contributed by atoms with Gasteiger partial charge in [-0.1, -0.05) is 50.6 Å². The third-order valence-corrected chi connectivity index (χ3v) is 8.86. The molecule has 0 aliphatic rings. The Morgan fingerprint density at radius 2 is 1.76 bits per heavy atom. The number of rotatable bonds is 11. The lowest BCUT2D eigenvalue weighted by atomic mass is 9.84. The molecule has 38 heavy (non-hydrogen) atoms. The van der Waals surface area contributed by atoms with Crippen molar-refractivity contribution in [3.8, 4) is 0 Å². The number of aliphatic hydroxyl groups excluding tert-OH is 1. The van der Waals surface area contributed by atoms with Crippen molar-refractivity contribution in [2.75, 3.05) is 13.1 Å². The van der Waals surface area contributed by atoms with Gasteiger partial charge in [0.05, 0.1) is 16.0 Å². The van der Waals surface area contributed by atoms with Crippen LogP contribution >= 0.6 is 22.9 Å². The molecule has 0 fully saturated rings. The first kappa shape index (κ1) is 30.0. The van der Waals surface area contributed by atoms with Gasteiger partial charge >= 0.3 is 0 Å². The molecule has 0 saturated carbocycles.